The molecule has 9 heteroatoms. The zero-order valence-electron chi connectivity index (χ0n) is 25.6. The van der Waals surface area contributed by atoms with Crippen LogP contribution in [0, 0.1) is 0 Å². The Bertz CT molecular complexity index is 1050. The zero-order chi connectivity index (χ0) is 29.5. The summed E-state index contributed by atoms with van der Waals surface area (Å²) >= 11 is 11.7. The van der Waals surface area contributed by atoms with Crippen molar-refractivity contribution >= 4 is 40.3 Å². The molecule has 0 atom stereocenters. The molecule has 3 rings (SSSR count). The molecule has 0 bridgehead atoms. The van der Waals surface area contributed by atoms with Crippen LogP contribution in [0.3, 0.4) is 0 Å². The van der Waals surface area contributed by atoms with Gasteiger partial charge in [0.15, 0.2) is 5.82 Å². The Morgan fingerprint density at radius 2 is 1.25 bits per heavy atom. The van der Waals surface area contributed by atoms with Gasteiger partial charge >= 0.3 is 0 Å². The Morgan fingerprint density at radius 1 is 0.775 bits per heavy atom. The molecule has 2 aromatic rings. The maximum Gasteiger partial charge on any atom is 0.205 e. The number of nitrogens with zero attached hydrogens (tertiary/aromatic N) is 6. The van der Waals surface area contributed by atoms with Crippen LogP contribution in [0.4, 0.5) is 5.69 Å². The molecule has 2 heterocycles. The van der Waals surface area contributed by atoms with Crippen molar-refractivity contribution in [3.8, 4) is 5.75 Å². The van der Waals surface area contributed by atoms with Gasteiger partial charge in [-0.05, 0) is 51.2 Å². The Kier molecular flexibility index (Phi) is 15.2. The maximum absolute atomic E-state index is 11.6. The van der Waals surface area contributed by atoms with Crippen LogP contribution in [-0.2, 0) is 6.42 Å². The van der Waals surface area contributed by atoms with Gasteiger partial charge < -0.3 is 9.59 Å². The molecule has 0 N–H and O–H groups in total. The molecule has 7 nitrogen and oxygen atoms in total. The number of unbranched alkanes of at least 4 members (excludes halogenated alkanes) is 5. The second-order valence-electron chi connectivity index (χ2n) is 10.9. The summed E-state index contributed by atoms with van der Waals surface area (Å²) in [5.41, 5.74) is 1.81. The number of aliphatic imine (C=N–C) groups is 1. The van der Waals surface area contributed by atoms with Crippen LogP contribution in [0.1, 0.15) is 117 Å². The van der Waals surface area contributed by atoms with Crippen molar-refractivity contribution in [2.24, 2.45) is 10.1 Å². The fraction of sp³-hybridized carbons (Fsp3) is 0.677. The predicted molar refractivity (Wildman–Crippen MR) is 169 cm³/mol. The normalized spacial score (nSPS) is 13.8. The minimum Gasteiger partial charge on any atom is -0.870 e. The summed E-state index contributed by atoms with van der Waals surface area (Å²) in [6.07, 6.45) is 14.0. The summed E-state index contributed by atoms with van der Waals surface area (Å²) in [5.74, 6) is 1.00. The first-order valence-corrected chi connectivity index (χ1v) is 16.1. The van der Waals surface area contributed by atoms with Gasteiger partial charge in [-0.15, -0.1) is 10.2 Å². The van der Waals surface area contributed by atoms with E-state index in [-0.39, 0.29) is 10.0 Å². The number of hydrogen-bond acceptors (Lipinski definition) is 5. The van der Waals surface area contributed by atoms with E-state index in [0.717, 1.165) is 30.8 Å². The molecule has 0 amide bonds. The maximum atomic E-state index is 11.6. The third kappa shape index (κ3) is 9.85. The molecule has 0 radical (unpaired) electrons. The van der Waals surface area contributed by atoms with Crippen molar-refractivity contribution < 1.29 is 9.59 Å². The molecule has 0 saturated heterocycles. The van der Waals surface area contributed by atoms with E-state index < -0.39 is 5.75 Å². The SMILES string of the molecule is CCCC[N+](CCCC)(CCCC)CCCC.CCCCc1nnc2n1N=C(C)C2=Nc1cc(Cl)c([O-])c(Cl)c1. The topological polar surface area (TPSA) is 78.5 Å². The lowest BCUT2D eigenvalue weighted by Crippen LogP contribution is -2.50. The fourth-order valence-electron chi connectivity index (χ4n) is 4.93. The summed E-state index contributed by atoms with van der Waals surface area (Å²) in [6.45, 7) is 19.0. The lowest BCUT2D eigenvalue weighted by molar-refractivity contribution is -0.929. The minimum absolute atomic E-state index is 0.0366. The van der Waals surface area contributed by atoms with Crippen molar-refractivity contribution in [2.45, 2.75) is 112 Å². The lowest BCUT2D eigenvalue weighted by Gasteiger charge is -2.39. The van der Waals surface area contributed by atoms with Crippen LogP contribution in [0.15, 0.2) is 22.2 Å². The van der Waals surface area contributed by atoms with Gasteiger partial charge in [0, 0.05) is 16.5 Å². The number of hydrogen-bond donors (Lipinski definition) is 0. The van der Waals surface area contributed by atoms with Gasteiger partial charge in [-0.25, -0.2) is 4.99 Å². The summed E-state index contributed by atoms with van der Waals surface area (Å²) < 4.78 is 3.14. The number of rotatable bonds is 16. The summed E-state index contributed by atoms with van der Waals surface area (Å²) in [5, 5.41) is 24.4. The van der Waals surface area contributed by atoms with E-state index >= 15 is 0 Å². The van der Waals surface area contributed by atoms with E-state index in [1.54, 1.807) is 4.68 Å². The fourth-order valence-corrected chi connectivity index (χ4v) is 5.41. The molecule has 1 aliphatic rings. The molecule has 0 aliphatic carbocycles. The molecule has 224 valence electrons. The average molecular weight is 594 g/mol. The van der Waals surface area contributed by atoms with Crippen molar-refractivity contribution in [3.05, 3.63) is 33.8 Å². The number of fused-ring (bicyclic) bond motifs is 1. The van der Waals surface area contributed by atoms with Crippen molar-refractivity contribution in [1.29, 1.82) is 0 Å². The molecule has 0 spiro atoms. The summed E-state index contributed by atoms with van der Waals surface area (Å²) in [7, 11) is 0. The molecule has 1 aliphatic heterocycles. The molecule has 40 heavy (non-hydrogen) atoms. The van der Waals surface area contributed by atoms with Gasteiger partial charge in [0.25, 0.3) is 0 Å². The van der Waals surface area contributed by atoms with E-state index in [9.17, 15) is 5.11 Å². The van der Waals surface area contributed by atoms with Gasteiger partial charge in [-0.3, -0.25) is 0 Å². The third-order valence-corrected chi connectivity index (χ3v) is 7.99. The van der Waals surface area contributed by atoms with Gasteiger partial charge in [0.05, 0.1) is 37.6 Å². The highest BCUT2D eigenvalue weighted by molar-refractivity contribution is 6.48. The predicted octanol–water partition coefficient (Wildman–Crippen LogP) is 8.36. The van der Waals surface area contributed by atoms with Gasteiger partial charge in [-0.1, -0.05) is 95.7 Å². The van der Waals surface area contributed by atoms with Crippen LogP contribution in [-0.4, -0.2) is 57.0 Å². The lowest BCUT2D eigenvalue weighted by atomic mass is 10.1. The van der Waals surface area contributed by atoms with Crippen molar-refractivity contribution in [3.63, 3.8) is 0 Å². The molecular formula is C31H50Cl2N6O. The van der Waals surface area contributed by atoms with Gasteiger partial charge in [0.2, 0.25) is 5.82 Å². The monoisotopic (exact) mass is 592 g/mol. The molecular weight excluding hydrogens is 543 g/mol. The van der Waals surface area contributed by atoms with Crippen LogP contribution in [0.5, 0.6) is 5.75 Å². The first-order chi connectivity index (χ1) is 19.2. The smallest absolute Gasteiger partial charge is 0.205 e. The number of aromatic nitrogens is 3. The van der Waals surface area contributed by atoms with E-state index in [4.69, 9.17) is 23.2 Å². The zero-order valence-corrected chi connectivity index (χ0v) is 27.1. The molecule has 0 fully saturated rings. The quantitative estimate of drug-likeness (QED) is 0.184. The summed E-state index contributed by atoms with van der Waals surface area (Å²) in [4.78, 5) is 4.49. The van der Waals surface area contributed by atoms with E-state index in [0.29, 0.717) is 17.2 Å². The van der Waals surface area contributed by atoms with Gasteiger partial charge in [0.1, 0.15) is 5.71 Å². The standard InChI is InChI=1S/C16H36N.C15H15Cl2N5O/c1-5-9-13-17(14-10-6-2,15-11-7-3)16-12-8-4;1-3-4-5-12-19-20-15-13(8(2)21-22(12)15)18-9-6-10(16)14(23)11(17)7-9/h5-16H2,1-4H3;6-7,23H,3-5H2,1-2H3/q+1;/p-1. The highest BCUT2D eigenvalue weighted by Gasteiger charge is 2.26. The second kappa shape index (κ2) is 17.8. The molecule has 1 aromatic heterocycles. The summed E-state index contributed by atoms with van der Waals surface area (Å²) in [6, 6.07) is 2.96. The number of aryl methyl sites for hydroxylation is 1. The van der Waals surface area contributed by atoms with E-state index in [2.05, 4.69) is 54.9 Å². The first-order valence-electron chi connectivity index (χ1n) is 15.4. The number of halogens is 2. The highest BCUT2D eigenvalue weighted by atomic mass is 35.5. The second-order valence-corrected chi connectivity index (χ2v) is 11.7. The van der Waals surface area contributed by atoms with Crippen molar-refractivity contribution in [1.82, 2.24) is 14.9 Å². The Morgan fingerprint density at radius 3 is 1.70 bits per heavy atom. The van der Waals surface area contributed by atoms with E-state index in [1.807, 2.05) is 6.92 Å². The Labute approximate surface area is 252 Å². The first kappa shape index (κ1) is 34.2. The largest absolute Gasteiger partial charge is 0.870 e. The van der Waals surface area contributed by atoms with E-state index in [1.165, 1.54) is 94.2 Å². The Balaban J connectivity index is 0.000000296. The van der Waals surface area contributed by atoms with Crippen LogP contribution >= 0.6 is 23.2 Å². The molecule has 0 unspecified atom stereocenters. The Hall–Kier alpha value is -1.96. The molecule has 1 aromatic carbocycles. The van der Waals surface area contributed by atoms with Crippen LogP contribution in [0.2, 0.25) is 10.0 Å². The van der Waals surface area contributed by atoms with Crippen LogP contribution in [0.25, 0.3) is 0 Å². The average Bonchev–Trinajstić information content (AvgIpc) is 3.48. The third-order valence-electron chi connectivity index (χ3n) is 7.43. The van der Waals surface area contributed by atoms with Crippen molar-refractivity contribution in [2.75, 3.05) is 26.2 Å². The number of benzene rings is 1. The van der Waals surface area contributed by atoms with Gasteiger partial charge in [-0.2, -0.15) is 9.78 Å². The minimum atomic E-state index is -0.404. The molecule has 0 saturated carbocycles. The highest BCUT2D eigenvalue weighted by Crippen LogP contribution is 2.34. The van der Waals surface area contributed by atoms with Crippen LogP contribution < -0.4 is 5.11 Å². The number of quaternary nitrogens is 1.